The van der Waals surface area contributed by atoms with Gasteiger partial charge in [0.05, 0.1) is 26.5 Å². The van der Waals surface area contributed by atoms with Gasteiger partial charge in [-0.1, -0.05) is 23.8 Å². The van der Waals surface area contributed by atoms with Crippen molar-refractivity contribution < 1.29 is 19.0 Å². The van der Waals surface area contributed by atoms with Crippen LogP contribution in [0.4, 0.5) is 4.79 Å². The van der Waals surface area contributed by atoms with Gasteiger partial charge in [-0.15, -0.1) is 0 Å². The highest BCUT2D eigenvalue weighted by Gasteiger charge is 2.09. The molecule has 0 saturated heterocycles. The van der Waals surface area contributed by atoms with Gasteiger partial charge in [-0.05, 0) is 37.6 Å². The molecule has 2 aromatic rings. The minimum atomic E-state index is -0.736. The van der Waals surface area contributed by atoms with E-state index < -0.39 is 6.03 Å². The molecule has 0 aromatic heterocycles. The predicted molar refractivity (Wildman–Crippen MR) is 105 cm³/mol. The molecule has 0 aliphatic carbocycles. The van der Waals surface area contributed by atoms with Gasteiger partial charge < -0.3 is 19.9 Å². The maximum atomic E-state index is 10.7. The van der Waals surface area contributed by atoms with Gasteiger partial charge in [0.15, 0.2) is 11.5 Å². The number of nitrogens with one attached hydrogen (secondary N) is 1. The van der Waals surface area contributed by atoms with Crippen molar-refractivity contribution in [3.63, 3.8) is 0 Å². The average molecular weight is 371 g/mol. The second-order valence-electron chi connectivity index (χ2n) is 5.93. The Kier molecular flexibility index (Phi) is 7.49. The smallest absolute Gasteiger partial charge is 0.332 e. The number of primary amides is 1. The molecule has 27 heavy (non-hydrogen) atoms. The summed E-state index contributed by atoms with van der Waals surface area (Å²) in [5.74, 6) is 2.00. The fraction of sp³-hybridized carbons (Fsp3) is 0.300. The number of hydrogen-bond acceptors (Lipinski definition) is 5. The summed E-state index contributed by atoms with van der Waals surface area (Å²) >= 11 is 0. The van der Waals surface area contributed by atoms with Crippen molar-refractivity contribution in [3.05, 3.63) is 53.1 Å². The van der Waals surface area contributed by atoms with Gasteiger partial charge in [0.25, 0.3) is 0 Å². The van der Waals surface area contributed by atoms with Gasteiger partial charge in [0.1, 0.15) is 5.75 Å². The maximum absolute atomic E-state index is 10.7. The molecule has 0 unspecified atom stereocenters. The molecule has 0 heterocycles. The fourth-order valence-corrected chi connectivity index (χ4v) is 2.49. The number of carbonyl (C=O) groups excluding carboxylic acids is 1. The van der Waals surface area contributed by atoms with Crippen LogP contribution in [0.2, 0.25) is 0 Å². The molecule has 0 saturated carbocycles. The Labute approximate surface area is 159 Å². The van der Waals surface area contributed by atoms with E-state index >= 15 is 0 Å². The third-order valence-electron chi connectivity index (χ3n) is 3.73. The Morgan fingerprint density at radius 2 is 1.93 bits per heavy atom. The molecule has 0 radical (unpaired) electrons. The zero-order valence-electron chi connectivity index (χ0n) is 15.8. The van der Waals surface area contributed by atoms with Crippen LogP contribution in [-0.4, -0.2) is 32.6 Å². The maximum Gasteiger partial charge on any atom is 0.332 e. The highest BCUT2D eigenvalue weighted by atomic mass is 16.5. The number of rotatable bonds is 9. The van der Waals surface area contributed by atoms with Gasteiger partial charge in [0.2, 0.25) is 0 Å². The Hall–Kier alpha value is -3.22. The lowest BCUT2D eigenvalue weighted by Crippen LogP contribution is -2.24. The molecule has 0 aliphatic heterocycles. The van der Waals surface area contributed by atoms with E-state index in [4.69, 9.17) is 19.9 Å². The predicted octanol–water partition coefficient (Wildman–Crippen LogP) is 3.16. The van der Waals surface area contributed by atoms with Gasteiger partial charge in [0, 0.05) is 12.0 Å². The third kappa shape index (κ3) is 6.22. The van der Waals surface area contributed by atoms with Crippen molar-refractivity contribution in [1.82, 2.24) is 5.43 Å². The van der Waals surface area contributed by atoms with Crippen LogP contribution in [0, 0.1) is 13.8 Å². The number of hydrazone groups is 1. The second kappa shape index (κ2) is 10.1. The standard InChI is InChI=1S/C20H25N3O4/c1-14-8-9-17(15(2)12-14)26-10-5-11-27-19-16(13-22-23-20(21)24)6-4-7-18(19)25-3/h4,6-9,12-13H,5,10-11H2,1-3H3,(H3,21,23,24). The zero-order valence-corrected chi connectivity index (χ0v) is 15.8. The summed E-state index contributed by atoms with van der Waals surface area (Å²) in [6.45, 7) is 5.05. The van der Waals surface area contributed by atoms with Gasteiger partial charge in [-0.3, -0.25) is 0 Å². The van der Waals surface area contributed by atoms with E-state index in [0.717, 1.165) is 11.3 Å². The lowest BCUT2D eigenvalue weighted by Gasteiger charge is -2.14. The van der Waals surface area contributed by atoms with E-state index in [1.165, 1.54) is 11.8 Å². The Balaban J connectivity index is 1.92. The quantitative estimate of drug-likeness (QED) is 0.402. The number of hydrogen-bond donors (Lipinski definition) is 2. The second-order valence-corrected chi connectivity index (χ2v) is 5.93. The number of para-hydroxylation sites is 1. The van der Waals surface area contributed by atoms with Crippen molar-refractivity contribution in [3.8, 4) is 17.2 Å². The fourth-order valence-electron chi connectivity index (χ4n) is 2.49. The molecule has 2 amide bonds. The van der Waals surface area contributed by atoms with Gasteiger partial charge >= 0.3 is 6.03 Å². The highest BCUT2D eigenvalue weighted by molar-refractivity contribution is 5.86. The summed E-state index contributed by atoms with van der Waals surface area (Å²) in [5.41, 5.74) is 10.1. The molecule has 2 aromatic carbocycles. The average Bonchev–Trinajstić information content (AvgIpc) is 2.63. The first kappa shape index (κ1) is 20.1. The van der Waals surface area contributed by atoms with Crippen molar-refractivity contribution >= 4 is 12.2 Å². The molecule has 144 valence electrons. The molecule has 0 aliphatic rings. The van der Waals surface area contributed by atoms with Crippen molar-refractivity contribution in [2.24, 2.45) is 10.8 Å². The lowest BCUT2D eigenvalue weighted by molar-refractivity contribution is 0.239. The molecule has 0 bridgehead atoms. The van der Waals surface area contributed by atoms with Crippen molar-refractivity contribution in [2.75, 3.05) is 20.3 Å². The van der Waals surface area contributed by atoms with E-state index in [9.17, 15) is 4.79 Å². The monoisotopic (exact) mass is 371 g/mol. The van der Waals surface area contributed by atoms with Crippen LogP contribution in [0.3, 0.4) is 0 Å². The number of benzene rings is 2. The first-order valence-corrected chi connectivity index (χ1v) is 8.59. The van der Waals surface area contributed by atoms with E-state index in [1.54, 1.807) is 25.3 Å². The minimum absolute atomic E-state index is 0.440. The highest BCUT2D eigenvalue weighted by Crippen LogP contribution is 2.30. The van der Waals surface area contributed by atoms with Crippen LogP contribution in [0.25, 0.3) is 0 Å². The van der Waals surface area contributed by atoms with E-state index in [-0.39, 0.29) is 0 Å². The summed E-state index contributed by atoms with van der Waals surface area (Å²) < 4.78 is 17.0. The number of ether oxygens (including phenoxy) is 3. The zero-order chi connectivity index (χ0) is 19.6. The molecular formula is C20H25N3O4. The number of urea groups is 1. The molecule has 3 N–H and O–H groups in total. The molecule has 0 atom stereocenters. The Bertz CT molecular complexity index is 806. The number of methoxy groups -OCH3 is 1. The van der Waals surface area contributed by atoms with Crippen LogP contribution in [0.15, 0.2) is 41.5 Å². The topological polar surface area (TPSA) is 95.2 Å². The number of amides is 2. The lowest BCUT2D eigenvalue weighted by atomic mass is 10.1. The summed E-state index contributed by atoms with van der Waals surface area (Å²) in [6.07, 6.45) is 2.15. The Morgan fingerprint density at radius 1 is 1.15 bits per heavy atom. The van der Waals surface area contributed by atoms with Crippen LogP contribution < -0.4 is 25.4 Å². The van der Waals surface area contributed by atoms with Gasteiger partial charge in [-0.2, -0.15) is 5.10 Å². The summed E-state index contributed by atoms with van der Waals surface area (Å²) in [6, 6.07) is 10.8. The van der Waals surface area contributed by atoms with Crippen LogP contribution in [-0.2, 0) is 0 Å². The van der Waals surface area contributed by atoms with E-state index in [0.29, 0.717) is 36.7 Å². The molecule has 7 nitrogen and oxygen atoms in total. The molecule has 0 fully saturated rings. The van der Waals surface area contributed by atoms with E-state index in [2.05, 4.69) is 23.5 Å². The van der Waals surface area contributed by atoms with E-state index in [1.807, 2.05) is 19.1 Å². The first-order chi connectivity index (χ1) is 13.0. The van der Waals surface area contributed by atoms with Crippen LogP contribution in [0.1, 0.15) is 23.1 Å². The van der Waals surface area contributed by atoms with Gasteiger partial charge in [-0.25, -0.2) is 10.2 Å². The number of aryl methyl sites for hydroxylation is 2. The summed E-state index contributed by atoms with van der Waals surface area (Å²) in [5, 5.41) is 3.77. The molecule has 2 rings (SSSR count). The van der Waals surface area contributed by atoms with Crippen molar-refractivity contribution in [2.45, 2.75) is 20.3 Å². The Morgan fingerprint density at radius 3 is 2.63 bits per heavy atom. The normalized spacial score (nSPS) is 10.6. The largest absolute Gasteiger partial charge is 0.493 e. The molecule has 0 spiro atoms. The summed E-state index contributed by atoms with van der Waals surface area (Å²) in [7, 11) is 1.56. The first-order valence-electron chi connectivity index (χ1n) is 8.59. The third-order valence-corrected chi connectivity index (χ3v) is 3.73. The van der Waals surface area contributed by atoms with Crippen LogP contribution >= 0.6 is 0 Å². The molecular weight excluding hydrogens is 346 g/mol. The number of nitrogens with two attached hydrogens (primary N) is 1. The SMILES string of the molecule is COc1cccc(C=NNC(N)=O)c1OCCCOc1ccc(C)cc1C. The number of nitrogens with zero attached hydrogens (tertiary/aromatic N) is 1. The summed E-state index contributed by atoms with van der Waals surface area (Å²) in [4.78, 5) is 10.7. The van der Waals surface area contributed by atoms with Crippen molar-refractivity contribution in [1.29, 1.82) is 0 Å². The molecule has 7 heteroatoms. The number of carbonyl (C=O) groups is 1. The minimum Gasteiger partial charge on any atom is -0.493 e. The van der Waals surface area contributed by atoms with Crippen LogP contribution in [0.5, 0.6) is 17.2 Å².